The fraction of sp³-hybridized carbons (Fsp3) is 0.450. The summed E-state index contributed by atoms with van der Waals surface area (Å²) in [6, 6.07) is 8.16. The number of aliphatic hydroxyl groups is 1. The van der Waals surface area contributed by atoms with Crippen molar-refractivity contribution in [2.75, 3.05) is 25.2 Å². The maximum atomic E-state index is 9.65. The van der Waals surface area contributed by atoms with Crippen LogP contribution in [0.2, 0.25) is 5.02 Å². The first-order valence-corrected chi connectivity index (χ1v) is 10.1. The van der Waals surface area contributed by atoms with E-state index in [4.69, 9.17) is 21.3 Å². The number of hydrogen-bond acceptors (Lipinski definition) is 4. The molecule has 0 amide bonds. The van der Waals surface area contributed by atoms with E-state index < -0.39 is 0 Å². The Balaban J connectivity index is 1.69. The first-order chi connectivity index (χ1) is 12.6. The average Bonchev–Trinajstić information content (AvgIpc) is 3.21. The van der Waals surface area contributed by atoms with E-state index in [-0.39, 0.29) is 12.0 Å². The molecule has 4 nitrogen and oxygen atoms in total. The molecule has 0 saturated heterocycles. The molecule has 138 valence electrons. The van der Waals surface area contributed by atoms with Gasteiger partial charge in [-0.25, -0.2) is 4.98 Å². The second-order valence-electron chi connectivity index (χ2n) is 7.39. The summed E-state index contributed by atoms with van der Waals surface area (Å²) in [5, 5.41) is 10.4. The molecule has 0 radical (unpaired) electrons. The molecule has 1 saturated carbocycles. The summed E-state index contributed by atoms with van der Waals surface area (Å²) < 4.78 is 6.10. The minimum atomic E-state index is -0.0108. The van der Waals surface area contributed by atoms with Crippen LogP contribution in [0.4, 0.5) is 5.82 Å². The Bertz CT molecular complexity index is 814. The van der Waals surface area contributed by atoms with Gasteiger partial charge in [0.05, 0.1) is 16.6 Å². The quantitative estimate of drug-likeness (QED) is 0.762. The van der Waals surface area contributed by atoms with Gasteiger partial charge in [-0.2, -0.15) is 0 Å². The molecule has 4 rings (SSSR count). The average molecular weight is 438 g/mol. The van der Waals surface area contributed by atoms with Crippen LogP contribution in [0.1, 0.15) is 30.4 Å². The summed E-state index contributed by atoms with van der Waals surface area (Å²) in [6.45, 7) is 1.93. The SMILES string of the molecule is COc1ccc(CN2CC3(CCC(CO)C3)c3c2ncc(Br)c3Cl)cc1. The minimum absolute atomic E-state index is 0.0108. The fourth-order valence-electron chi connectivity index (χ4n) is 4.53. The number of aliphatic hydroxyl groups excluding tert-OH is 1. The first-order valence-electron chi connectivity index (χ1n) is 8.89. The van der Waals surface area contributed by atoms with E-state index in [1.165, 1.54) is 5.56 Å². The molecular formula is C20H22BrClN2O2. The first kappa shape index (κ1) is 18.1. The Morgan fingerprint density at radius 2 is 2.15 bits per heavy atom. The van der Waals surface area contributed by atoms with Gasteiger partial charge in [-0.15, -0.1) is 0 Å². The number of methoxy groups -OCH3 is 1. The topological polar surface area (TPSA) is 45.6 Å². The van der Waals surface area contributed by atoms with Crippen molar-refractivity contribution >= 4 is 33.3 Å². The third kappa shape index (κ3) is 3.00. The molecule has 2 aliphatic rings. The zero-order valence-electron chi connectivity index (χ0n) is 14.7. The predicted molar refractivity (Wildman–Crippen MR) is 107 cm³/mol. The molecule has 1 N–H and O–H groups in total. The van der Waals surface area contributed by atoms with Crippen molar-refractivity contribution in [3.8, 4) is 5.75 Å². The molecule has 2 aromatic rings. The highest BCUT2D eigenvalue weighted by Crippen LogP contribution is 2.55. The monoisotopic (exact) mass is 436 g/mol. The molecule has 26 heavy (non-hydrogen) atoms. The molecule has 1 aromatic carbocycles. The number of anilines is 1. The number of ether oxygens (including phenoxy) is 1. The van der Waals surface area contributed by atoms with E-state index in [1.54, 1.807) is 13.3 Å². The van der Waals surface area contributed by atoms with Gasteiger partial charge in [0.1, 0.15) is 11.6 Å². The van der Waals surface area contributed by atoms with Gasteiger partial charge in [-0.05, 0) is 58.8 Å². The van der Waals surface area contributed by atoms with Crippen LogP contribution in [0.3, 0.4) is 0 Å². The third-order valence-electron chi connectivity index (χ3n) is 5.78. The maximum absolute atomic E-state index is 9.65. The molecule has 2 unspecified atom stereocenters. The van der Waals surface area contributed by atoms with Gasteiger partial charge in [0.25, 0.3) is 0 Å². The number of rotatable bonds is 4. The lowest BCUT2D eigenvalue weighted by atomic mass is 9.80. The van der Waals surface area contributed by atoms with Crippen molar-refractivity contribution in [3.05, 3.63) is 51.1 Å². The van der Waals surface area contributed by atoms with Crippen molar-refractivity contribution in [3.63, 3.8) is 0 Å². The van der Waals surface area contributed by atoms with Crippen LogP contribution in [0, 0.1) is 5.92 Å². The molecule has 1 fully saturated rings. The minimum Gasteiger partial charge on any atom is -0.497 e. The summed E-state index contributed by atoms with van der Waals surface area (Å²) in [5.41, 5.74) is 2.35. The molecule has 1 aliphatic heterocycles. The number of pyridine rings is 1. The van der Waals surface area contributed by atoms with Crippen LogP contribution in [0.25, 0.3) is 0 Å². The van der Waals surface area contributed by atoms with Gasteiger partial charge in [0, 0.05) is 36.9 Å². The standard InChI is InChI=1S/C20H22BrClN2O2/c1-26-15-4-2-13(3-5-15)10-24-12-20(7-6-14(8-20)11-25)17-18(22)16(21)9-23-19(17)24/h2-5,9,14,25H,6-8,10-12H2,1H3. The van der Waals surface area contributed by atoms with Crippen molar-refractivity contribution in [1.82, 2.24) is 4.98 Å². The van der Waals surface area contributed by atoms with E-state index >= 15 is 0 Å². The van der Waals surface area contributed by atoms with E-state index in [0.29, 0.717) is 5.92 Å². The van der Waals surface area contributed by atoms with Gasteiger partial charge in [0.2, 0.25) is 0 Å². The molecule has 6 heteroatoms. The van der Waals surface area contributed by atoms with Crippen molar-refractivity contribution in [2.24, 2.45) is 5.92 Å². The second kappa shape index (κ2) is 7.02. The number of hydrogen-bond donors (Lipinski definition) is 1. The number of benzene rings is 1. The lowest BCUT2D eigenvalue weighted by Crippen LogP contribution is -2.31. The van der Waals surface area contributed by atoms with E-state index in [0.717, 1.165) is 59.0 Å². The highest BCUT2D eigenvalue weighted by Gasteiger charge is 2.49. The van der Waals surface area contributed by atoms with Crippen molar-refractivity contribution in [1.29, 1.82) is 0 Å². The Morgan fingerprint density at radius 1 is 1.38 bits per heavy atom. The van der Waals surface area contributed by atoms with Crippen LogP contribution in [-0.4, -0.2) is 30.4 Å². The molecule has 1 aliphatic carbocycles. The Labute approximate surface area is 167 Å². The Kier molecular flexibility index (Phi) is 4.88. The highest BCUT2D eigenvalue weighted by atomic mass is 79.9. The third-order valence-corrected chi connectivity index (χ3v) is 7.00. The second-order valence-corrected chi connectivity index (χ2v) is 8.63. The van der Waals surface area contributed by atoms with Gasteiger partial charge in [-0.3, -0.25) is 0 Å². The van der Waals surface area contributed by atoms with E-state index in [9.17, 15) is 5.11 Å². The molecular weight excluding hydrogens is 416 g/mol. The summed E-state index contributed by atoms with van der Waals surface area (Å²) in [4.78, 5) is 7.04. The highest BCUT2D eigenvalue weighted by molar-refractivity contribution is 9.10. The van der Waals surface area contributed by atoms with Crippen molar-refractivity contribution in [2.45, 2.75) is 31.2 Å². The van der Waals surface area contributed by atoms with Gasteiger partial charge >= 0.3 is 0 Å². The van der Waals surface area contributed by atoms with Crippen molar-refractivity contribution < 1.29 is 9.84 Å². The summed E-state index contributed by atoms with van der Waals surface area (Å²) in [6.07, 6.45) is 4.84. The molecule has 1 spiro atoms. The fourth-order valence-corrected chi connectivity index (χ4v) is 5.17. The summed E-state index contributed by atoms with van der Waals surface area (Å²) >= 11 is 10.3. The normalized spacial score (nSPS) is 24.3. The lowest BCUT2D eigenvalue weighted by molar-refractivity contribution is 0.224. The molecule has 0 bridgehead atoms. The smallest absolute Gasteiger partial charge is 0.134 e. The van der Waals surface area contributed by atoms with Gasteiger partial charge < -0.3 is 14.7 Å². The van der Waals surface area contributed by atoms with Crippen LogP contribution >= 0.6 is 27.5 Å². The molecule has 2 heterocycles. The number of fused-ring (bicyclic) bond motifs is 2. The molecule has 2 atom stereocenters. The van der Waals surface area contributed by atoms with Gasteiger partial charge in [-0.1, -0.05) is 23.7 Å². The summed E-state index contributed by atoms with van der Waals surface area (Å²) in [5.74, 6) is 2.19. The predicted octanol–water partition coefficient (Wildman–Crippen LogP) is 4.56. The van der Waals surface area contributed by atoms with Gasteiger partial charge in [0.15, 0.2) is 0 Å². The van der Waals surface area contributed by atoms with Crippen LogP contribution in [0.15, 0.2) is 34.9 Å². The van der Waals surface area contributed by atoms with Crippen LogP contribution in [0.5, 0.6) is 5.75 Å². The zero-order chi connectivity index (χ0) is 18.3. The Hall–Kier alpha value is -1.30. The number of nitrogens with zero attached hydrogens (tertiary/aromatic N) is 2. The van der Waals surface area contributed by atoms with E-state index in [2.05, 4.69) is 33.0 Å². The van der Waals surface area contributed by atoms with Crippen LogP contribution < -0.4 is 9.64 Å². The van der Waals surface area contributed by atoms with Crippen LogP contribution in [-0.2, 0) is 12.0 Å². The lowest BCUT2D eigenvalue weighted by Gasteiger charge is -2.26. The number of halogens is 2. The van der Waals surface area contributed by atoms with E-state index in [1.807, 2.05) is 12.1 Å². The zero-order valence-corrected chi connectivity index (χ0v) is 17.1. The largest absolute Gasteiger partial charge is 0.497 e. The number of aromatic nitrogens is 1. The maximum Gasteiger partial charge on any atom is 0.134 e. The Morgan fingerprint density at radius 3 is 2.81 bits per heavy atom. The molecule has 1 aromatic heterocycles. The summed E-state index contributed by atoms with van der Waals surface area (Å²) in [7, 11) is 1.68.